The van der Waals surface area contributed by atoms with Crippen molar-refractivity contribution in [1.82, 2.24) is 29.9 Å². The topological polar surface area (TPSA) is 126 Å². The highest BCUT2D eigenvalue weighted by Crippen LogP contribution is 2.32. The summed E-state index contributed by atoms with van der Waals surface area (Å²) < 4.78 is 35.8. The molecule has 0 bridgehead atoms. The normalized spacial score (nSPS) is 11.3. The molecule has 3 N–H and O–H groups in total. The van der Waals surface area contributed by atoms with Gasteiger partial charge < -0.3 is 20.4 Å². The minimum absolute atomic E-state index is 0.137. The summed E-state index contributed by atoms with van der Waals surface area (Å²) in [6, 6.07) is 9.25. The van der Waals surface area contributed by atoms with Crippen LogP contribution in [0.2, 0.25) is 0 Å². The maximum absolute atomic E-state index is 14.8. The van der Waals surface area contributed by atoms with Gasteiger partial charge in [0.2, 0.25) is 0 Å². The van der Waals surface area contributed by atoms with Crippen LogP contribution >= 0.6 is 0 Å². The third-order valence-electron chi connectivity index (χ3n) is 6.24. The van der Waals surface area contributed by atoms with Crippen LogP contribution in [0, 0.1) is 11.6 Å². The fraction of sp³-hybridized carbons (Fsp3) is 0.222. The molecule has 0 saturated heterocycles. The number of hydrogen-bond acceptors (Lipinski definition) is 7. The Hall–Kier alpha value is -4.87. The first kappa shape index (κ1) is 25.8. The minimum Gasteiger partial charge on any atom is -0.465 e. The number of esters is 1. The van der Waals surface area contributed by atoms with Gasteiger partial charge in [-0.1, -0.05) is 26.0 Å². The highest BCUT2D eigenvalue weighted by molar-refractivity contribution is 5.97. The standard InChI is InChI=1S/C27H25F2N7O3/c1-14(2)23-16(27(38)39-3)12-36-24(23)25(31-13-32-36)35-21-10-15(17(28)11-18(21)29)26(37)30-9-8-22-33-19-6-4-5-7-20(19)34-22/h4-7,10-14H,8-9H2,1-3H3,(H,30,37)(H,33,34)(H,31,32,35). The lowest BCUT2D eigenvalue weighted by Gasteiger charge is -2.13. The van der Waals surface area contributed by atoms with Crippen molar-refractivity contribution < 1.29 is 23.1 Å². The molecule has 0 saturated carbocycles. The average Bonchev–Trinajstić information content (AvgIpc) is 3.51. The molecule has 0 unspecified atom stereocenters. The van der Waals surface area contributed by atoms with E-state index in [1.54, 1.807) is 0 Å². The van der Waals surface area contributed by atoms with Gasteiger partial charge in [0.05, 0.1) is 35.0 Å². The Kier molecular flexibility index (Phi) is 6.92. The van der Waals surface area contributed by atoms with Gasteiger partial charge in [0.25, 0.3) is 5.91 Å². The molecule has 0 aliphatic rings. The number of methoxy groups -OCH3 is 1. The highest BCUT2D eigenvalue weighted by Gasteiger charge is 2.24. The summed E-state index contributed by atoms with van der Waals surface area (Å²) in [6.45, 7) is 3.94. The largest absolute Gasteiger partial charge is 0.465 e. The quantitative estimate of drug-likeness (QED) is 0.251. The van der Waals surface area contributed by atoms with Gasteiger partial charge in [0, 0.05) is 30.8 Å². The van der Waals surface area contributed by atoms with Crippen molar-refractivity contribution in [3.8, 4) is 0 Å². The third-order valence-corrected chi connectivity index (χ3v) is 6.24. The molecule has 0 spiro atoms. The van der Waals surface area contributed by atoms with Crippen molar-refractivity contribution in [1.29, 1.82) is 0 Å². The zero-order valence-electron chi connectivity index (χ0n) is 21.4. The summed E-state index contributed by atoms with van der Waals surface area (Å²) in [6.07, 6.45) is 3.13. The van der Waals surface area contributed by atoms with E-state index in [0.717, 1.165) is 17.1 Å². The van der Waals surface area contributed by atoms with Crippen LogP contribution in [0.3, 0.4) is 0 Å². The van der Waals surface area contributed by atoms with Crippen LogP contribution in [-0.2, 0) is 11.2 Å². The van der Waals surface area contributed by atoms with E-state index < -0.39 is 23.5 Å². The molecule has 12 heteroatoms. The summed E-state index contributed by atoms with van der Waals surface area (Å²) in [5, 5.41) is 9.64. The van der Waals surface area contributed by atoms with Gasteiger partial charge in [-0.15, -0.1) is 0 Å². The van der Waals surface area contributed by atoms with Gasteiger partial charge in [-0.3, -0.25) is 4.79 Å². The van der Waals surface area contributed by atoms with E-state index in [2.05, 4.69) is 30.7 Å². The first-order valence-corrected chi connectivity index (χ1v) is 12.2. The maximum atomic E-state index is 14.8. The SMILES string of the molecule is COC(=O)c1cn2ncnc(Nc3cc(C(=O)NCCc4nc5ccccc5[nH]4)c(F)cc3F)c2c1C(C)C. The van der Waals surface area contributed by atoms with Gasteiger partial charge in [0.15, 0.2) is 5.82 Å². The Balaban J connectivity index is 1.39. The van der Waals surface area contributed by atoms with E-state index in [-0.39, 0.29) is 29.5 Å². The molecule has 2 aromatic carbocycles. The summed E-state index contributed by atoms with van der Waals surface area (Å²) in [7, 11) is 1.27. The van der Waals surface area contributed by atoms with Crippen molar-refractivity contribution in [2.45, 2.75) is 26.2 Å². The molecule has 39 heavy (non-hydrogen) atoms. The molecular formula is C27H25F2N7O3. The molecule has 1 amide bonds. The summed E-state index contributed by atoms with van der Waals surface area (Å²) >= 11 is 0. The second-order valence-electron chi connectivity index (χ2n) is 9.15. The highest BCUT2D eigenvalue weighted by atomic mass is 19.1. The summed E-state index contributed by atoms with van der Waals surface area (Å²) in [4.78, 5) is 37.0. The van der Waals surface area contributed by atoms with Crippen molar-refractivity contribution in [2.75, 3.05) is 19.0 Å². The minimum atomic E-state index is -1.01. The van der Waals surface area contributed by atoms with Crippen LogP contribution < -0.4 is 10.6 Å². The number of H-pyrrole nitrogens is 1. The van der Waals surface area contributed by atoms with Crippen molar-refractivity contribution >= 4 is 39.9 Å². The maximum Gasteiger partial charge on any atom is 0.339 e. The van der Waals surface area contributed by atoms with Gasteiger partial charge in [-0.05, 0) is 24.1 Å². The first-order chi connectivity index (χ1) is 18.8. The van der Waals surface area contributed by atoms with Crippen LogP contribution in [0.25, 0.3) is 16.6 Å². The molecule has 0 fully saturated rings. The van der Waals surface area contributed by atoms with Crippen molar-refractivity contribution in [2.24, 2.45) is 0 Å². The fourth-order valence-electron chi connectivity index (χ4n) is 4.44. The van der Waals surface area contributed by atoms with Crippen molar-refractivity contribution in [3.05, 3.63) is 83.1 Å². The molecule has 0 aliphatic carbocycles. The van der Waals surface area contributed by atoms with Gasteiger partial charge >= 0.3 is 5.97 Å². The van der Waals surface area contributed by atoms with Gasteiger partial charge in [0.1, 0.15) is 29.3 Å². The van der Waals surface area contributed by atoms with E-state index >= 15 is 0 Å². The van der Waals surface area contributed by atoms with E-state index in [9.17, 15) is 18.4 Å². The fourth-order valence-corrected chi connectivity index (χ4v) is 4.44. The molecule has 5 rings (SSSR count). The monoisotopic (exact) mass is 533 g/mol. The predicted molar refractivity (Wildman–Crippen MR) is 140 cm³/mol. The zero-order valence-corrected chi connectivity index (χ0v) is 21.4. The number of anilines is 2. The van der Waals surface area contributed by atoms with Crippen LogP contribution in [0.5, 0.6) is 0 Å². The van der Waals surface area contributed by atoms with Crippen LogP contribution in [0.15, 0.2) is 48.9 Å². The molecule has 5 aromatic rings. The number of aromatic nitrogens is 5. The number of aromatic amines is 1. The lowest BCUT2D eigenvalue weighted by Crippen LogP contribution is -2.27. The van der Waals surface area contributed by atoms with Gasteiger partial charge in [-0.25, -0.2) is 28.1 Å². The lowest BCUT2D eigenvalue weighted by atomic mass is 10.00. The van der Waals surface area contributed by atoms with E-state index in [1.165, 1.54) is 24.1 Å². The Morgan fingerprint density at radius 3 is 2.67 bits per heavy atom. The number of ether oxygens (including phenoxy) is 1. The third kappa shape index (κ3) is 5.00. The molecule has 0 atom stereocenters. The Morgan fingerprint density at radius 2 is 1.92 bits per heavy atom. The van der Waals surface area contributed by atoms with E-state index in [0.29, 0.717) is 35.0 Å². The Bertz CT molecular complexity index is 1680. The van der Waals surface area contributed by atoms with Crippen LogP contribution in [-0.4, -0.2) is 50.1 Å². The number of para-hydroxylation sites is 2. The number of halogens is 2. The number of fused-ring (bicyclic) bond motifs is 2. The molecule has 10 nitrogen and oxygen atoms in total. The predicted octanol–water partition coefficient (Wildman–Crippen LogP) is 4.51. The number of amides is 1. The van der Waals surface area contributed by atoms with E-state index in [1.807, 2.05) is 38.1 Å². The number of carbonyl (C=O) groups is 2. The second-order valence-corrected chi connectivity index (χ2v) is 9.15. The number of nitrogens with zero attached hydrogens (tertiary/aromatic N) is 4. The molecule has 0 radical (unpaired) electrons. The number of carbonyl (C=O) groups excluding carboxylic acids is 2. The smallest absolute Gasteiger partial charge is 0.339 e. The number of imidazole rings is 1. The molecule has 3 heterocycles. The number of rotatable bonds is 8. The number of benzene rings is 2. The first-order valence-electron chi connectivity index (χ1n) is 12.2. The molecule has 3 aromatic heterocycles. The molecular weight excluding hydrogens is 508 g/mol. The average molecular weight is 534 g/mol. The second kappa shape index (κ2) is 10.5. The van der Waals surface area contributed by atoms with E-state index in [4.69, 9.17) is 4.74 Å². The lowest BCUT2D eigenvalue weighted by molar-refractivity contribution is 0.0599. The summed E-state index contributed by atoms with van der Waals surface area (Å²) in [5.74, 6) is -2.49. The Morgan fingerprint density at radius 1 is 1.13 bits per heavy atom. The number of nitrogens with one attached hydrogen (secondary N) is 3. The summed E-state index contributed by atoms with van der Waals surface area (Å²) in [5.41, 5.74) is 2.48. The number of hydrogen-bond donors (Lipinski definition) is 3. The zero-order chi connectivity index (χ0) is 27.7. The van der Waals surface area contributed by atoms with Crippen molar-refractivity contribution in [3.63, 3.8) is 0 Å². The van der Waals surface area contributed by atoms with Crippen LogP contribution in [0.1, 0.15) is 51.9 Å². The molecule has 0 aliphatic heterocycles. The van der Waals surface area contributed by atoms with Gasteiger partial charge in [-0.2, -0.15) is 5.10 Å². The van der Waals surface area contributed by atoms with Crippen LogP contribution in [0.4, 0.5) is 20.3 Å². The molecule has 200 valence electrons. The Labute approximate surface area is 221 Å².